The van der Waals surface area contributed by atoms with E-state index in [1.54, 1.807) is 0 Å². The molecule has 1 radical (unpaired) electrons. The Morgan fingerprint density at radius 3 is 3.00 bits per heavy atom. The molecule has 0 saturated heterocycles. The SMILES string of the molecule is CC(SCC(=O)O)c1[c]c2ccccc2[nH]1. The average molecular weight is 234 g/mol. The molecule has 1 atom stereocenters. The highest BCUT2D eigenvalue weighted by atomic mass is 32.2. The number of nitrogens with one attached hydrogen (secondary N) is 1. The number of carboxylic acid groups (broad SMARTS) is 1. The molecular formula is C12H12NO2S. The Bertz CT molecular complexity index is 473. The van der Waals surface area contributed by atoms with Crippen molar-refractivity contribution in [2.24, 2.45) is 0 Å². The predicted molar refractivity (Wildman–Crippen MR) is 65.6 cm³/mol. The predicted octanol–water partition coefficient (Wildman–Crippen LogP) is 2.85. The summed E-state index contributed by atoms with van der Waals surface area (Å²) in [5, 5.41) is 9.76. The number of rotatable bonds is 4. The number of thioether (sulfide) groups is 1. The first-order valence-electron chi connectivity index (χ1n) is 5.00. The van der Waals surface area contributed by atoms with E-state index in [0.29, 0.717) is 0 Å². The normalized spacial score (nSPS) is 12.8. The van der Waals surface area contributed by atoms with Crippen LogP contribution in [0, 0.1) is 6.07 Å². The maximum Gasteiger partial charge on any atom is 0.313 e. The van der Waals surface area contributed by atoms with Gasteiger partial charge in [0.25, 0.3) is 0 Å². The highest BCUT2D eigenvalue weighted by Gasteiger charge is 2.11. The first-order chi connectivity index (χ1) is 7.66. The Hall–Kier alpha value is -1.42. The summed E-state index contributed by atoms with van der Waals surface area (Å²) < 4.78 is 0. The van der Waals surface area contributed by atoms with Crippen molar-refractivity contribution in [1.29, 1.82) is 0 Å². The van der Waals surface area contributed by atoms with Crippen LogP contribution in [0.25, 0.3) is 10.9 Å². The van der Waals surface area contributed by atoms with E-state index in [1.165, 1.54) is 11.8 Å². The van der Waals surface area contributed by atoms with Gasteiger partial charge in [-0.1, -0.05) is 18.2 Å². The third kappa shape index (κ3) is 2.39. The topological polar surface area (TPSA) is 53.1 Å². The summed E-state index contributed by atoms with van der Waals surface area (Å²) in [5.41, 5.74) is 1.99. The fourth-order valence-electron chi connectivity index (χ4n) is 1.51. The van der Waals surface area contributed by atoms with Gasteiger partial charge in [-0.2, -0.15) is 0 Å². The number of aromatic amines is 1. The van der Waals surface area contributed by atoms with Crippen molar-refractivity contribution in [3.63, 3.8) is 0 Å². The number of benzene rings is 1. The standard InChI is InChI=1S/C12H12NO2S/c1-8(16-7-12(14)15)11-6-9-4-2-3-5-10(9)13-11/h2-5,8,13H,7H2,1H3,(H,14,15). The van der Waals surface area contributed by atoms with Crippen molar-refractivity contribution in [3.8, 4) is 0 Å². The molecule has 0 fully saturated rings. The van der Waals surface area contributed by atoms with E-state index in [0.717, 1.165) is 16.6 Å². The maximum atomic E-state index is 10.5. The van der Waals surface area contributed by atoms with Crippen LogP contribution in [0.4, 0.5) is 0 Å². The Kier molecular flexibility index (Phi) is 3.19. The van der Waals surface area contributed by atoms with Gasteiger partial charge in [-0.3, -0.25) is 4.79 Å². The fraction of sp³-hybridized carbons (Fsp3) is 0.250. The molecule has 2 rings (SSSR count). The molecule has 2 aromatic rings. The van der Waals surface area contributed by atoms with E-state index in [9.17, 15) is 4.79 Å². The van der Waals surface area contributed by atoms with E-state index in [2.05, 4.69) is 11.1 Å². The van der Waals surface area contributed by atoms with E-state index in [-0.39, 0.29) is 11.0 Å². The smallest absolute Gasteiger partial charge is 0.313 e. The molecule has 1 unspecified atom stereocenters. The van der Waals surface area contributed by atoms with Crippen LogP contribution in [0.15, 0.2) is 24.3 Å². The van der Waals surface area contributed by atoms with Crippen LogP contribution in [0.5, 0.6) is 0 Å². The van der Waals surface area contributed by atoms with E-state index >= 15 is 0 Å². The Balaban J connectivity index is 2.16. The highest BCUT2D eigenvalue weighted by Crippen LogP contribution is 2.29. The van der Waals surface area contributed by atoms with Crippen LogP contribution in [-0.4, -0.2) is 21.8 Å². The number of hydrogen-bond donors (Lipinski definition) is 2. The summed E-state index contributed by atoms with van der Waals surface area (Å²) in [6, 6.07) is 11.2. The van der Waals surface area contributed by atoms with Crippen molar-refractivity contribution in [1.82, 2.24) is 4.98 Å². The number of hydrogen-bond acceptors (Lipinski definition) is 2. The molecule has 0 saturated carbocycles. The van der Waals surface area contributed by atoms with Crippen molar-refractivity contribution in [3.05, 3.63) is 36.0 Å². The van der Waals surface area contributed by atoms with Gasteiger partial charge in [-0.15, -0.1) is 11.8 Å². The van der Waals surface area contributed by atoms with Crippen LogP contribution in [0.1, 0.15) is 17.9 Å². The second-order valence-corrected chi connectivity index (χ2v) is 4.89. The molecule has 0 amide bonds. The molecule has 3 nitrogen and oxygen atoms in total. The molecule has 1 heterocycles. The van der Waals surface area contributed by atoms with Gasteiger partial charge in [0.2, 0.25) is 0 Å². The third-order valence-electron chi connectivity index (χ3n) is 2.33. The fourth-order valence-corrected chi connectivity index (χ4v) is 2.18. The molecule has 4 heteroatoms. The lowest BCUT2D eigenvalue weighted by atomic mass is 10.2. The zero-order valence-corrected chi connectivity index (χ0v) is 9.67. The largest absolute Gasteiger partial charge is 0.481 e. The number of aliphatic carboxylic acids is 1. The molecule has 2 N–H and O–H groups in total. The molecule has 1 aromatic carbocycles. The van der Waals surface area contributed by atoms with E-state index in [1.807, 2.05) is 31.2 Å². The van der Waals surface area contributed by atoms with Crippen LogP contribution in [0.3, 0.4) is 0 Å². The summed E-state index contributed by atoms with van der Waals surface area (Å²) >= 11 is 1.39. The van der Waals surface area contributed by atoms with Crippen LogP contribution in [0.2, 0.25) is 0 Å². The van der Waals surface area contributed by atoms with Gasteiger partial charge in [0.05, 0.1) is 5.75 Å². The quantitative estimate of drug-likeness (QED) is 0.855. The minimum absolute atomic E-state index is 0.114. The molecule has 0 aliphatic carbocycles. The number of carboxylic acids is 1. The summed E-state index contributed by atoms with van der Waals surface area (Å²) in [5.74, 6) is -0.669. The number of carbonyl (C=O) groups is 1. The summed E-state index contributed by atoms with van der Waals surface area (Å²) in [4.78, 5) is 13.7. The molecule has 16 heavy (non-hydrogen) atoms. The van der Waals surface area contributed by atoms with Gasteiger partial charge in [0.15, 0.2) is 0 Å². The van der Waals surface area contributed by atoms with Crippen LogP contribution < -0.4 is 0 Å². The first kappa shape index (κ1) is 11.1. The van der Waals surface area contributed by atoms with Crippen molar-refractivity contribution in [2.45, 2.75) is 12.2 Å². The van der Waals surface area contributed by atoms with Crippen molar-refractivity contribution >= 4 is 28.6 Å². The van der Waals surface area contributed by atoms with Gasteiger partial charge in [0.1, 0.15) is 0 Å². The van der Waals surface area contributed by atoms with Crippen LogP contribution >= 0.6 is 11.8 Å². The summed E-state index contributed by atoms with van der Waals surface area (Å²) in [6.07, 6.45) is 0. The molecule has 0 spiro atoms. The second-order valence-electron chi connectivity index (χ2n) is 3.56. The van der Waals surface area contributed by atoms with Gasteiger partial charge in [-0.05, 0) is 13.0 Å². The van der Waals surface area contributed by atoms with Gasteiger partial charge in [-0.25, -0.2) is 0 Å². The minimum atomic E-state index is -0.784. The molecule has 1 aromatic heterocycles. The lowest BCUT2D eigenvalue weighted by Crippen LogP contribution is -2.00. The van der Waals surface area contributed by atoms with Crippen LogP contribution in [-0.2, 0) is 4.79 Å². The van der Waals surface area contributed by atoms with E-state index in [4.69, 9.17) is 5.11 Å². The summed E-state index contributed by atoms with van der Waals surface area (Å²) in [7, 11) is 0. The highest BCUT2D eigenvalue weighted by molar-refractivity contribution is 8.00. The molecule has 0 bridgehead atoms. The average Bonchev–Trinajstić information content (AvgIpc) is 2.69. The second kappa shape index (κ2) is 4.61. The van der Waals surface area contributed by atoms with Gasteiger partial charge in [0, 0.05) is 27.9 Å². The molecular weight excluding hydrogens is 222 g/mol. The van der Waals surface area contributed by atoms with Gasteiger partial charge >= 0.3 is 5.97 Å². The first-order valence-corrected chi connectivity index (χ1v) is 6.05. The monoisotopic (exact) mass is 234 g/mol. The number of para-hydroxylation sites is 1. The minimum Gasteiger partial charge on any atom is -0.481 e. The Labute approximate surface area is 97.9 Å². The van der Waals surface area contributed by atoms with Crippen molar-refractivity contribution < 1.29 is 9.90 Å². The number of H-pyrrole nitrogens is 1. The lowest BCUT2D eigenvalue weighted by molar-refractivity contribution is -0.133. The third-order valence-corrected chi connectivity index (χ3v) is 3.48. The van der Waals surface area contributed by atoms with Gasteiger partial charge < -0.3 is 10.1 Å². The van der Waals surface area contributed by atoms with E-state index < -0.39 is 5.97 Å². The zero-order chi connectivity index (χ0) is 11.5. The number of fused-ring (bicyclic) bond motifs is 1. The zero-order valence-electron chi connectivity index (χ0n) is 8.86. The number of aromatic nitrogens is 1. The molecule has 0 aliphatic heterocycles. The Morgan fingerprint density at radius 1 is 1.56 bits per heavy atom. The maximum absolute atomic E-state index is 10.5. The van der Waals surface area contributed by atoms with Crippen molar-refractivity contribution in [2.75, 3.05) is 5.75 Å². The lowest BCUT2D eigenvalue weighted by Gasteiger charge is -2.06. The molecule has 83 valence electrons. The summed E-state index contributed by atoms with van der Waals surface area (Å²) in [6.45, 7) is 1.98. The Morgan fingerprint density at radius 2 is 2.31 bits per heavy atom. The molecule has 0 aliphatic rings.